The third-order valence-corrected chi connectivity index (χ3v) is 4.42. The summed E-state index contributed by atoms with van der Waals surface area (Å²) in [5.74, 6) is 0.824. The molecule has 1 heterocycles. The van der Waals surface area contributed by atoms with Gasteiger partial charge in [0, 0.05) is 50.8 Å². The monoisotopic (exact) mass is 283 g/mol. The van der Waals surface area contributed by atoms with E-state index < -0.39 is 0 Å². The molecule has 1 fully saturated rings. The lowest BCUT2D eigenvalue weighted by Gasteiger charge is -2.42. The van der Waals surface area contributed by atoms with E-state index in [4.69, 9.17) is 0 Å². The number of rotatable bonds is 7. The minimum atomic E-state index is 0.329. The van der Waals surface area contributed by atoms with Crippen molar-refractivity contribution >= 4 is 0 Å². The minimum absolute atomic E-state index is 0.329. The van der Waals surface area contributed by atoms with Crippen molar-refractivity contribution in [1.29, 1.82) is 0 Å². The maximum atomic E-state index is 3.67. The Morgan fingerprint density at radius 2 is 1.55 bits per heavy atom. The van der Waals surface area contributed by atoms with Gasteiger partial charge in [0.2, 0.25) is 0 Å². The molecule has 0 spiro atoms. The van der Waals surface area contributed by atoms with Gasteiger partial charge in [0.1, 0.15) is 0 Å². The Kier molecular flexibility index (Phi) is 7.49. The van der Waals surface area contributed by atoms with Crippen LogP contribution in [0.5, 0.6) is 0 Å². The fourth-order valence-electron chi connectivity index (χ4n) is 2.80. The highest BCUT2D eigenvalue weighted by Crippen LogP contribution is 2.15. The SMILES string of the molecule is CC(C)CCC(C)NCCN1CCN(C(C)(C)C)CC1. The number of hydrogen-bond donors (Lipinski definition) is 1. The predicted molar refractivity (Wildman–Crippen MR) is 89.3 cm³/mol. The maximum Gasteiger partial charge on any atom is 0.0126 e. The van der Waals surface area contributed by atoms with Crippen LogP contribution >= 0.6 is 0 Å². The Bertz CT molecular complexity index is 249. The molecular formula is C17H37N3. The van der Waals surface area contributed by atoms with Crippen molar-refractivity contribution in [3.63, 3.8) is 0 Å². The third-order valence-electron chi connectivity index (χ3n) is 4.42. The Labute approximate surface area is 127 Å². The van der Waals surface area contributed by atoms with Crippen molar-refractivity contribution in [1.82, 2.24) is 15.1 Å². The van der Waals surface area contributed by atoms with E-state index in [1.165, 1.54) is 45.6 Å². The van der Waals surface area contributed by atoms with Crippen LogP contribution in [0.2, 0.25) is 0 Å². The summed E-state index contributed by atoms with van der Waals surface area (Å²) in [5, 5.41) is 3.67. The molecule has 0 amide bonds. The van der Waals surface area contributed by atoms with Gasteiger partial charge in [-0.3, -0.25) is 9.80 Å². The summed E-state index contributed by atoms with van der Waals surface area (Å²) in [7, 11) is 0. The maximum absolute atomic E-state index is 3.67. The molecule has 1 aliphatic rings. The standard InChI is InChI=1S/C17H37N3/c1-15(2)7-8-16(3)18-9-10-19-11-13-20(14-12-19)17(4,5)6/h15-16,18H,7-14H2,1-6H3. The molecule has 0 saturated carbocycles. The Hall–Kier alpha value is -0.120. The smallest absolute Gasteiger partial charge is 0.0126 e. The summed E-state index contributed by atoms with van der Waals surface area (Å²) in [6.45, 7) is 21.1. The first-order valence-corrected chi connectivity index (χ1v) is 8.50. The van der Waals surface area contributed by atoms with Crippen LogP contribution in [0.1, 0.15) is 54.4 Å². The van der Waals surface area contributed by atoms with Gasteiger partial charge < -0.3 is 5.32 Å². The van der Waals surface area contributed by atoms with E-state index >= 15 is 0 Å². The third kappa shape index (κ3) is 7.05. The number of piperazine rings is 1. The quantitative estimate of drug-likeness (QED) is 0.775. The van der Waals surface area contributed by atoms with Crippen molar-refractivity contribution < 1.29 is 0 Å². The molecular weight excluding hydrogens is 246 g/mol. The lowest BCUT2D eigenvalue weighted by molar-refractivity contribution is 0.0625. The van der Waals surface area contributed by atoms with Crippen molar-refractivity contribution in [3.05, 3.63) is 0 Å². The molecule has 1 rings (SSSR count). The highest BCUT2D eigenvalue weighted by Gasteiger charge is 2.25. The van der Waals surface area contributed by atoms with Gasteiger partial charge >= 0.3 is 0 Å². The second-order valence-electron chi connectivity index (χ2n) is 7.83. The highest BCUT2D eigenvalue weighted by atomic mass is 15.3. The van der Waals surface area contributed by atoms with Crippen LogP contribution in [0, 0.1) is 5.92 Å². The lowest BCUT2D eigenvalue weighted by atomic mass is 10.0. The zero-order valence-electron chi connectivity index (χ0n) is 14.7. The summed E-state index contributed by atoms with van der Waals surface area (Å²) < 4.78 is 0. The highest BCUT2D eigenvalue weighted by molar-refractivity contribution is 4.82. The number of nitrogens with one attached hydrogen (secondary N) is 1. The largest absolute Gasteiger partial charge is 0.313 e. The summed E-state index contributed by atoms with van der Waals surface area (Å²) in [6.07, 6.45) is 2.63. The van der Waals surface area contributed by atoms with E-state index in [2.05, 4.69) is 56.7 Å². The van der Waals surface area contributed by atoms with E-state index in [-0.39, 0.29) is 0 Å². The zero-order chi connectivity index (χ0) is 15.2. The van der Waals surface area contributed by atoms with Gasteiger partial charge in [0.15, 0.2) is 0 Å². The molecule has 0 radical (unpaired) electrons. The van der Waals surface area contributed by atoms with Gasteiger partial charge in [-0.1, -0.05) is 13.8 Å². The van der Waals surface area contributed by atoms with Crippen LogP contribution in [-0.2, 0) is 0 Å². The minimum Gasteiger partial charge on any atom is -0.313 e. The van der Waals surface area contributed by atoms with Crippen LogP contribution < -0.4 is 5.32 Å². The molecule has 3 nitrogen and oxygen atoms in total. The number of hydrogen-bond acceptors (Lipinski definition) is 3. The zero-order valence-corrected chi connectivity index (χ0v) is 14.7. The van der Waals surface area contributed by atoms with Crippen LogP contribution in [0.15, 0.2) is 0 Å². The molecule has 1 N–H and O–H groups in total. The summed E-state index contributed by atoms with van der Waals surface area (Å²) >= 11 is 0. The van der Waals surface area contributed by atoms with E-state index in [0.29, 0.717) is 11.6 Å². The van der Waals surface area contributed by atoms with Crippen molar-refractivity contribution in [2.45, 2.75) is 66.0 Å². The van der Waals surface area contributed by atoms with Crippen molar-refractivity contribution in [3.8, 4) is 0 Å². The molecule has 0 aromatic rings. The Balaban J connectivity index is 2.10. The Morgan fingerprint density at radius 1 is 0.950 bits per heavy atom. The number of nitrogens with zero attached hydrogens (tertiary/aromatic N) is 2. The van der Waals surface area contributed by atoms with Crippen LogP contribution in [-0.4, -0.2) is 60.6 Å². The molecule has 3 heteroatoms. The molecule has 1 unspecified atom stereocenters. The molecule has 20 heavy (non-hydrogen) atoms. The van der Waals surface area contributed by atoms with Crippen LogP contribution in [0.3, 0.4) is 0 Å². The van der Waals surface area contributed by atoms with Gasteiger partial charge in [0.25, 0.3) is 0 Å². The lowest BCUT2D eigenvalue weighted by Crippen LogP contribution is -2.54. The fourth-order valence-corrected chi connectivity index (χ4v) is 2.80. The molecule has 0 aromatic heterocycles. The first kappa shape index (κ1) is 17.9. The van der Waals surface area contributed by atoms with Gasteiger partial charge in [-0.25, -0.2) is 0 Å². The second-order valence-corrected chi connectivity index (χ2v) is 7.83. The molecule has 120 valence electrons. The molecule has 0 aliphatic carbocycles. The van der Waals surface area contributed by atoms with Gasteiger partial charge in [0.05, 0.1) is 0 Å². The summed E-state index contributed by atoms with van der Waals surface area (Å²) in [6, 6.07) is 0.660. The molecule has 1 saturated heterocycles. The Morgan fingerprint density at radius 3 is 2.05 bits per heavy atom. The normalized spacial score (nSPS) is 20.6. The molecule has 0 aromatic carbocycles. The molecule has 1 aliphatic heterocycles. The van der Waals surface area contributed by atoms with Crippen LogP contribution in [0.4, 0.5) is 0 Å². The second kappa shape index (κ2) is 8.35. The average Bonchev–Trinajstić information content (AvgIpc) is 2.36. The molecule has 1 atom stereocenters. The average molecular weight is 284 g/mol. The molecule has 0 bridgehead atoms. The van der Waals surface area contributed by atoms with Gasteiger partial charge in [-0.05, 0) is 46.5 Å². The van der Waals surface area contributed by atoms with Crippen molar-refractivity contribution in [2.24, 2.45) is 5.92 Å². The predicted octanol–water partition coefficient (Wildman–Crippen LogP) is 2.82. The van der Waals surface area contributed by atoms with Gasteiger partial charge in [-0.15, -0.1) is 0 Å². The first-order chi connectivity index (χ1) is 9.29. The van der Waals surface area contributed by atoms with E-state index in [0.717, 1.165) is 12.5 Å². The topological polar surface area (TPSA) is 18.5 Å². The van der Waals surface area contributed by atoms with Gasteiger partial charge in [-0.2, -0.15) is 0 Å². The fraction of sp³-hybridized carbons (Fsp3) is 1.00. The van der Waals surface area contributed by atoms with E-state index in [1.54, 1.807) is 0 Å². The van der Waals surface area contributed by atoms with E-state index in [1.807, 2.05) is 0 Å². The summed E-state index contributed by atoms with van der Waals surface area (Å²) in [5.41, 5.74) is 0.329. The van der Waals surface area contributed by atoms with E-state index in [9.17, 15) is 0 Å². The summed E-state index contributed by atoms with van der Waals surface area (Å²) in [4.78, 5) is 5.20. The van der Waals surface area contributed by atoms with Crippen LogP contribution in [0.25, 0.3) is 0 Å². The van der Waals surface area contributed by atoms with Crippen molar-refractivity contribution in [2.75, 3.05) is 39.3 Å². The first-order valence-electron chi connectivity index (χ1n) is 8.50.